The van der Waals surface area contributed by atoms with Crippen LogP contribution in [0.5, 0.6) is 0 Å². The Morgan fingerprint density at radius 1 is 1.19 bits per heavy atom. The van der Waals surface area contributed by atoms with Gasteiger partial charge in [0.2, 0.25) is 5.91 Å². The largest absolute Gasteiger partial charge is 0.352 e. The number of terminal acetylenes is 1. The molecule has 0 saturated carbocycles. The number of hydrogen-bond donors (Lipinski definition) is 3. The number of guanidine groups is 1. The van der Waals surface area contributed by atoms with Gasteiger partial charge in [-0.05, 0) is 35.9 Å². The number of nitrogens with one attached hydrogen (secondary N) is 3. The molecule has 26 heavy (non-hydrogen) atoms. The van der Waals surface area contributed by atoms with E-state index in [-0.39, 0.29) is 36.4 Å². The lowest BCUT2D eigenvalue weighted by molar-refractivity contribution is -0.115. The highest BCUT2D eigenvalue weighted by molar-refractivity contribution is 14.0. The van der Waals surface area contributed by atoms with Crippen LogP contribution in [0.3, 0.4) is 0 Å². The molecule has 0 aromatic heterocycles. The van der Waals surface area contributed by atoms with Gasteiger partial charge in [-0.1, -0.05) is 35.7 Å². The van der Waals surface area contributed by atoms with Crippen LogP contribution in [0.1, 0.15) is 11.1 Å². The first kappa shape index (κ1) is 21.8. The first-order chi connectivity index (χ1) is 12.1. The number of anilines is 1. The average Bonchev–Trinajstić information content (AvgIpc) is 2.62. The Balaban J connectivity index is 0.00000338. The topological polar surface area (TPSA) is 65.5 Å². The number of carbonyl (C=O) groups is 1. The number of carbonyl (C=O) groups excluding carboxylic acids is 1. The minimum atomic E-state index is -0.195. The standard InChI is InChI=1S/C19H19ClN4O.HI/c1-3-14-6-5-9-17(11-14)24-18(25)13-23-19(21-2)22-12-15-7-4-8-16(20)10-15;/h1,4-11H,12-13H2,2H3,(H,24,25)(H2,21,22,23);1H. The van der Waals surface area contributed by atoms with Gasteiger partial charge in [0.15, 0.2) is 5.96 Å². The highest BCUT2D eigenvalue weighted by atomic mass is 127. The molecule has 7 heteroatoms. The predicted octanol–water partition coefficient (Wildman–Crippen LogP) is 3.24. The summed E-state index contributed by atoms with van der Waals surface area (Å²) in [5.41, 5.74) is 2.39. The number of amides is 1. The van der Waals surface area contributed by atoms with Gasteiger partial charge in [0.1, 0.15) is 0 Å². The molecule has 1 amide bonds. The molecule has 0 fully saturated rings. The molecule has 0 atom stereocenters. The second kappa shape index (κ2) is 11.4. The third-order valence-electron chi connectivity index (χ3n) is 3.30. The Hall–Kier alpha value is -2.24. The molecule has 0 heterocycles. The van der Waals surface area contributed by atoms with E-state index in [1.165, 1.54) is 0 Å². The van der Waals surface area contributed by atoms with Crippen molar-refractivity contribution in [3.05, 3.63) is 64.7 Å². The van der Waals surface area contributed by atoms with Crippen LogP contribution in [0, 0.1) is 12.3 Å². The lowest BCUT2D eigenvalue weighted by Crippen LogP contribution is -2.41. The zero-order valence-corrected chi connectivity index (χ0v) is 17.3. The minimum Gasteiger partial charge on any atom is -0.352 e. The highest BCUT2D eigenvalue weighted by Crippen LogP contribution is 2.10. The molecule has 5 nitrogen and oxygen atoms in total. The van der Waals surface area contributed by atoms with Crippen LogP contribution in [0.25, 0.3) is 0 Å². The summed E-state index contributed by atoms with van der Waals surface area (Å²) in [7, 11) is 1.64. The normalized spacial score (nSPS) is 10.3. The Kier molecular flexibility index (Phi) is 9.55. The van der Waals surface area contributed by atoms with E-state index in [9.17, 15) is 4.79 Å². The summed E-state index contributed by atoms with van der Waals surface area (Å²) in [6.07, 6.45) is 5.35. The summed E-state index contributed by atoms with van der Waals surface area (Å²) in [5, 5.41) is 9.54. The van der Waals surface area contributed by atoms with E-state index < -0.39 is 0 Å². The molecule has 2 rings (SSSR count). The molecular weight excluding hydrogens is 463 g/mol. The Bertz CT molecular complexity index is 817. The van der Waals surface area contributed by atoms with Crippen molar-refractivity contribution in [2.75, 3.05) is 18.9 Å². The van der Waals surface area contributed by atoms with Gasteiger partial charge in [0, 0.05) is 29.9 Å². The predicted molar refractivity (Wildman–Crippen MR) is 118 cm³/mol. The summed E-state index contributed by atoms with van der Waals surface area (Å²) in [5.74, 6) is 2.86. The van der Waals surface area contributed by atoms with Crippen molar-refractivity contribution in [1.29, 1.82) is 0 Å². The zero-order valence-electron chi connectivity index (χ0n) is 14.3. The summed E-state index contributed by atoms with van der Waals surface area (Å²) < 4.78 is 0. The molecule has 0 aliphatic heterocycles. The van der Waals surface area contributed by atoms with Crippen LogP contribution in [-0.2, 0) is 11.3 Å². The highest BCUT2D eigenvalue weighted by Gasteiger charge is 2.05. The number of aliphatic imine (C=N–C) groups is 1. The maximum Gasteiger partial charge on any atom is 0.243 e. The molecule has 0 radical (unpaired) electrons. The fraction of sp³-hybridized carbons (Fsp3) is 0.158. The second-order valence-corrected chi connectivity index (χ2v) is 5.62. The van der Waals surface area contributed by atoms with E-state index in [2.05, 4.69) is 26.9 Å². The minimum absolute atomic E-state index is 0. The van der Waals surface area contributed by atoms with Crippen LogP contribution in [0.15, 0.2) is 53.5 Å². The van der Waals surface area contributed by atoms with Gasteiger partial charge in [-0.3, -0.25) is 9.79 Å². The third kappa shape index (κ3) is 7.33. The van der Waals surface area contributed by atoms with Crippen molar-refractivity contribution in [3.8, 4) is 12.3 Å². The van der Waals surface area contributed by atoms with Crippen LogP contribution in [0.4, 0.5) is 5.69 Å². The van der Waals surface area contributed by atoms with E-state index in [0.29, 0.717) is 28.8 Å². The van der Waals surface area contributed by atoms with Gasteiger partial charge in [0.05, 0.1) is 6.54 Å². The Morgan fingerprint density at radius 2 is 1.96 bits per heavy atom. The molecule has 0 unspecified atom stereocenters. The van der Waals surface area contributed by atoms with E-state index in [1.54, 1.807) is 31.3 Å². The smallest absolute Gasteiger partial charge is 0.243 e. The van der Waals surface area contributed by atoms with Gasteiger partial charge >= 0.3 is 0 Å². The van der Waals surface area contributed by atoms with Gasteiger partial charge in [0.25, 0.3) is 0 Å². The molecule has 2 aromatic rings. The van der Waals surface area contributed by atoms with Gasteiger partial charge < -0.3 is 16.0 Å². The number of nitrogens with zero attached hydrogens (tertiary/aromatic N) is 1. The summed E-state index contributed by atoms with van der Waals surface area (Å²) in [4.78, 5) is 16.1. The fourth-order valence-corrected chi connectivity index (χ4v) is 2.32. The van der Waals surface area contributed by atoms with Crippen molar-refractivity contribution in [1.82, 2.24) is 10.6 Å². The molecule has 136 valence electrons. The Labute approximate surface area is 175 Å². The van der Waals surface area contributed by atoms with E-state index in [1.807, 2.05) is 24.3 Å². The number of halogens is 2. The third-order valence-corrected chi connectivity index (χ3v) is 3.54. The number of benzene rings is 2. The molecule has 0 aliphatic carbocycles. The van der Waals surface area contributed by atoms with Crippen LogP contribution in [-0.4, -0.2) is 25.5 Å². The molecular formula is C19H20ClIN4O. The van der Waals surface area contributed by atoms with Crippen LogP contribution >= 0.6 is 35.6 Å². The molecule has 0 bridgehead atoms. The fourth-order valence-electron chi connectivity index (χ4n) is 2.11. The van der Waals surface area contributed by atoms with E-state index in [4.69, 9.17) is 18.0 Å². The molecule has 2 aromatic carbocycles. The van der Waals surface area contributed by atoms with Gasteiger partial charge in [-0.25, -0.2) is 0 Å². The lowest BCUT2D eigenvalue weighted by atomic mass is 10.2. The molecule has 3 N–H and O–H groups in total. The quantitative estimate of drug-likeness (QED) is 0.265. The zero-order chi connectivity index (χ0) is 18.1. The monoisotopic (exact) mass is 482 g/mol. The molecule has 0 aliphatic rings. The SMILES string of the molecule is C#Cc1cccc(NC(=O)CNC(=NC)NCc2cccc(Cl)c2)c1.I. The Morgan fingerprint density at radius 3 is 2.65 bits per heavy atom. The molecule has 0 spiro atoms. The van der Waals surface area contributed by atoms with Gasteiger partial charge in [-0.2, -0.15) is 0 Å². The van der Waals surface area contributed by atoms with Crippen molar-refractivity contribution in [2.45, 2.75) is 6.54 Å². The van der Waals surface area contributed by atoms with Gasteiger partial charge in [-0.15, -0.1) is 30.4 Å². The summed E-state index contributed by atoms with van der Waals surface area (Å²) in [6.45, 7) is 0.627. The lowest BCUT2D eigenvalue weighted by Gasteiger charge is -2.12. The second-order valence-electron chi connectivity index (χ2n) is 5.18. The van der Waals surface area contributed by atoms with Crippen molar-refractivity contribution in [2.24, 2.45) is 4.99 Å². The summed E-state index contributed by atoms with van der Waals surface area (Å²) >= 11 is 5.96. The van der Waals surface area contributed by atoms with E-state index in [0.717, 1.165) is 5.56 Å². The summed E-state index contributed by atoms with van der Waals surface area (Å²) in [6, 6.07) is 14.6. The number of rotatable bonds is 5. The molecule has 0 saturated heterocycles. The maximum absolute atomic E-state index is 12.0. The van der Waals surface area contributed by atoms with Crippen LogP contribution < -0.4 is 16.0 Å². The van der Waals surface area contributed by atoms with E-state index >= 15 is 0 Å². The van der Waals surface area contributed by atoms with Crippen molar-refractivity contribution >= 4 is 53.1 Å². The van der Waals surface area contributed by atoms with Crippen LogP contribution in [0.2, 0.25) is 5.02 Å². The maximum atomic E-state index is 12.0. The first-order valence-electron chi connectivity index (χ1n) is 7.66. The van der Waals surface area contributed by atoms with Crippen molar-refractivity contribution < 1.29 is 4.79 Å². The van der Waals surface area contributed by atoms with Crippen molar-refractivity contribution in [3.63, 3.8) is 0 Å². The first-order valence-corrected chi connectivity index (χ1v) is 8.04. The number of hydrogen-bond acceptors (Lipinski definition) is 2. The average molecular weight is 483 g/mol.